The zero-order chi connectivity index (χ0) is 57.3. The predicted molar refractivity (Wildman–Crippen MR) is 264 cm³/mol. The largest absolute Gasteiger partial charge is 0.480 e. The van der Waals surface area contributed by atoms with Crippen LogP contribution in [0.3, 0.4) is 0 Å². The molecule has 0 saturated heterocycles. The molecule has 0 aliphatic rings. The first-order valence-electron chi connectivity index (χ1n) is 24.1. The maximum absolute atomic E-state index is 13.8. The highest BCUT2D eigenvalue weighted by atomic mass is 16.4. The number of aliphatic carboxylic acids is 1. The van der Waals surface area contributed by atoms with Crippen LogP contribution in [0.1, 0.15) is 73.3 Å². The van der Waals surface area contributed by atoms with Crippen molar-refractivity contribution in [3.05, 3.63) is 35.9 Å². The van der Waals surface area contributed by atoms with Crippen LogP contribution >= 0.6 is 0 Å². The molecule has 0 saturated carbocycles. The quantitative estimate of drug-likeness (QED) is 0.0291. The van der Waals surface area contributed by atoms with Gasteiger partial charge in [-0.15, -0.1) is 0 Å². The lowest BCUT2D eigenvalue weighted by atomic mass is 10.0. The second-order valence-electron chi connectivity index (χ2n) is 18.1. The fourth-order valence-electron chi connectivity index (χ4n) is 6.78. The van der Waals surface area contributed by atoms with E-state index >= 15 is 0 Å². The van der Waals surface area contributed by atoms with E-state index in [0.29, 0.717) is 18.4 Å². The van der Waals surface area contributed by atoms with Gasteiger partial charge in [0.2, 0.25) is 59.1 Å². The van der Waals surface area contributed by atoms with Crippen LogP contribution in [0.2, 0.25) is 0 Å². The third-order valence-corrected chi connectivity index (χ3v) is 11.2. The highest BCUT2D eigenvalue weighted by Crippen LogP contribution is 2.10. The van der Waals surface area contributed by atoms with Crippen molar-refractivity contribution in [2.75, 3.05) is 26.3 Å². The molecule has 10 amide bonds. The molecule has 1 aromatic rings. The van der Waals surface area contributed by atoms with Crippen molar-refractivity contribution in [3.63, 3.8) is 0 Å². The molecule has 0 aromatic heterocycles. The van der Waals surface area contributed by atoms with Crippen LogP contribution in [0.4, 0.5) is 0 Å². The molecule has 1 rings (SSSR count). The molecule has 0 bridgehead atoms. The van der Waals surface area contributed by atoms with Crippen molar-refractivity contribution >= 4 is 65.0 Å². The Morgan fingerprint density at radius 3 is 1.29 bits per heavy atom. The van der Waals surface area contributed by atoms with Gasteiger partial charge in [-0.05, 0) is 71.9 Å². The van der Waals surface area contributed by atoms with Crippen molar-refractivity contribution in [2.24, 2.45) is 17.4 Å². The summed E-state index contributed by atoms with van der Waals surface area (Å²) in [6, 6.07) is -7.80. The number of amides is 10. The fourth-order valence-corrected chi connectivity index (χ4v) is 6.78. The topological polar surface area (TPSA) is 481 Å². The smallest absolute Gasteiger partial charge is 0.325 e. The van der Waals surface area contributed by atoms with Crippen LogP contribution in [0.25, 0.3) is 0 Å². The van der Waals surface area contributed by atoms with Crippen molar-refractivity contribution in [1.82, 2.24) is 53.2 Å². The zero-order valence-electron chi connectivity index (χ0n) is 43.0. The number of nitrogens with one attached hydrogen (secondary N) is 10. The van der Waals surface area contributed by atoms with Gasteiger partial charge in [0.25, 0.3) is 0 Å². The van der Waals surface area contributed by atoms with E-state index < -0.39 is 169 Å². The number of hydrogen-bond donors (Lipinski definition) is 18. The Hall–Kier alpha value is -6.89. The van der Waals surface area contributed by atoms with Crippen molar-refractivity contribution in [3.8, 4) is 0 Å². The molecule has 20 N–H and O–H groups in total. The number of benzene rings is 1. The molecular formula is C46H76N12O17. The van der Waals surface area contributed by atoms with Crippen LogP contribution in [0.5, 0.6) is 0 Å². The Bertz CT molecular complexity index is 2100. The molecule has 0 aliphatic heterocycles. The Morgan fingerprint density at radius 1 is 0.453 bits per heavy atom. The molecule has 0 fully saturated rings. The minimum atomic E-state index is -1.95. The summed E-state index contributed by atoms with van der Waals surface area (Å²) in [4.78, 5) is 144. The minimum Gasteiger partial charge on any atom is -0.480 e. The van der Waals surface area contributed by atoms with Crippen LogP contribution < -0.4 is 64.6 Å². The Labute approximate surface area is 433 Å². The third-order valence-electron chi connectivity index (χ3n) is 11.2. The van der Waals surface area contributed by atoms with Gasteiger partial charge in [0, 0.05) is 6.42 Å². The lowest BCUT2D eigenvalue weighted by Gasteiger charge is -2.30. The van der Waals surface area contributed by atoms with Gasteiger partial charge in [0.1, 0.15) is 60.4 Å². The molecule has 0 radical (unpaired) electrons. The van der Waals surface area contributed by atoms with Gasteiger partial charge >= 0.3 is 5.97 Å². The van der Waals surface area contributed by atoms with Crippen molar-refractivity contribution in [2.45, 2.75) is 153 Å². The Balaban J connectivity index is 3.27. The molecule has 29 heteroatoms. The molecule has 0 heterocycles. The van der Waals surface area contributed by atoms with E-state index in [1.54, 1.807) is 30.3 Å². The number of carbonyl (C=O) groups excluding carboxylic acids is 10. The first-order valence-corrected chi connectivity index (χ1v) is 24.1. The van der Waals surface area contributed by atoms with Gasteiger partial charge in [0.15, 0.2) is 0 Å². The molecule has 13 atom stereocenters. The molecule has 29 nitrogen and oxygen atoms in total. The van der Waals surface area contributed by atoms with E-state index in [-0.39, 0.29) is 19.4 Å². The average molecular weight is 1070 g/mol. The number of nitrogens with two attached hydrogens (primary N) is 2. The summed E-state index contributed by atoms with van der Waals surface area (Å²) in [5, 5.41) is 83.7. The maximum Gasteiger partial charge on any atom is 0.325 e. The summed E-state index contributed by atoms with van der Waals surface area (Å²) in [7, 11) is 0. The van der Waals surface area contributed by atoms with E-state index in [1.807, 2.05) is 0 Å². The van der Waals surface area contributed by atoms with Gasteiger partial charge in [0.05, 0.1) is 38.1 Å². The second kappa shape index (κ2) is 33.1. The van der Waals surface area contributed by atoms with Gasteiger partial charge in [-0.1, -0.05) is 44.2 Å². The standard InChI is InChI=1S/C46H76N12O17/c1-21(2)33(42(70)52-28(15-11-12-16-47)38(66)50-23(4)46(74)75)55-44(72)36(26(7)63)58-45(73)35(25(6)62)57-41(69)31(20-60)54-43(71)34(24(5)61)56-39(67)29(17-27-13-9-8-10-14-27)53-37(65)22(3)49-40(68)30(19-59)51-32(64)18-48/h8-10,13-14,21-26,28-31,33-36,59-63H,11-12,15-20,47-48H2,1-7H3,(H,49,68)(H,50,66)(H,51,64)(H,52,70)(H,53,65)(H,54,71)(H,55,72)(H,56,67)(H,57,69)(H,58,73)(H,74,75)/t22-,23-,24+,25+,26+,28-,29-,30-,31-,33-,34-,35-,36-/m0/s1. The Kier molecular flexibility index (Phi) is 29.2. The summed E-state index contributed by atoms with van der Waals surface area (Å²) >= 11 is 0. The highest BCUT2D eigenvalue weighted by molar-refractivity contribution is 5.99. The first-order chi connectivity index (χ1) is 35.1. The number of aliphatic hydroxyl groups excluding tert-OH is 5. The fraction of sp³-hybridized carbons (Fsp3) is 0.630. The number of hydrogen-bond acceptors (Lipinski definition) is 18. The van der Waals surface area contributed by atoms with Crippen LogP contribution in [0.15, 0.2) is 30.3 Å². The maximum atomic E-state index is 13.8. The summed E-state index contributed by atoms with van der Waals surface area (Å²) in [5.74, 6) is -12.4. The zero-order valence-corrected chi connectivity index (χ0v) is 43.0. The van der Waals surface area contributed by atoms with Gasteiger partial charge in [-0.2, -0.15) is 0 Å². The number of carboxylic acid groups (broad SMARTS) is 1. The molecule has 0 spiro atoms. The van der Waals surface area contributed by atoms with E-state index in [2.05, 4.69) is 53.2 Å². The van der Waals surface area contributed by atoms with E-state index in [4.69, 9.17) is 11.5 Å². The summed E-state index contributed by atoms with van der Waals surface area (Å²) < 4.78 is 0. The number of carbonyl (C=O) groups is 11. The molecule has 75 heavy (non-hydrogen) atoms. The minimum absolute atomic E-state index is 0.0500. The molecule has 0 aliphatic carbocycles. The predicted octanol–water partition coefficient (Wildman–Crippen LogP) is -7.93. The van der Waals surface area contributed by atoms with Crippen LogP contribution in [-0.2, 0) is 59.2 Å². The van der Waals surface area contributed by atoms with Crippen LogP contribution in [-0.4, -0.2) is 201 Å². The van der Waals surface area contributed by atoms with Crippen molar-refractivity contribution in [1.29, 1.82) is 0 Å². The number of rotatable bonds is 33. The number of aliphatic hydroxyl groups is 5. The van der Waals surface area contributed by atoms with Gasteiger partial charge in [-0.25, -0.2) is 0 Å². The van der Waals surface area contributed by atoms with Gasteiger partial charge < -0.3 is 95.3 Å². The molecule has 422 valence electrons. The normalized spacial score (nSPS) is 16.4. The third kappa shape index (κ3) is 22.6. The molecule has 1 aromatic carbocycles. The van der Waals surface area contributed by atoms with E-state index in [0.717, 1.165) is 20.8 Å². The Morgan fingerprint density at radius 2 is 0.840 bits per heavy atom. The highest BCUT2D eigenvalue weighted by Gasteiger charge is 2.38. The average Bonchev–Trinajstić information content (AvgIpc) is 3.35. The molecule has 0 unspecified atom stereocenters. The lowest BCUT2D eigenvalue weighted by Crippen LogP contribution is -2.64. The van der Waals surface area contributed by atoms with Crippen LogP contribution in [0, 0.1) is 5.92 Å². The summed E-state index contributed by atoms with van der Waals surface area (Å²) in [6.07, 6.45) is -4.49. The SMILES string of the molecule is CC(C)[C@H](NC(=O)[C@@H](NC(=O)[C@@H](NC(=O)[C@H](CO)NC(=O)[C@@H](NC(=O)[C@H](Cc1ccccc1)NC(=O)[C@H](C)NC(=O)[C@H](CO)NC(=O)CN)[C@@H](C)O)[C@@H](C)O)[C@@H](C)O)C(=O)N[C@@H](CCCCN)C(=O)N[C@@H](C)C(=O)O. The monoisotopic (exact) mass is 1070 g/mol. The number of unbranched alkanes of at least 4 members (excludes halogenated alkanes) is 1. The molecular weight excluding hydrogens is 993 g/mol. The first kappa shape index (κ1) is 66.1. The van der Waals surface area contributed by atoms with Gasteiger partial charge in [-0.3, -0.25) is 52.7 Å². The summed E-state index contributed by atoms with van der Waals surface area (Å²) in [5.41, 5.74) is 11.3. The second-order valence-corrected chi connectivity index (χ2v) is 18.1. The van der Waals surface area contributed by atoms with E-state index in [1.165, 1.54) is 27.7 Å². The van der Waals surface area contributed by atoms with E-state index in [9.17, 15) is 83.4 Å². The van der Waals surface area contributed by atoms with Crippen molar-refractivity contribution < 1.29 is 83.4 Å². The number of carboxylic acids is 1. The lowest BCUT2D eigenvalue weighted by molar-refractivity contribution is -0.142. The summed E-state index contributed by atoms with van der Waals surface area (Å²) in [6.45, 7) is 6.52.